The average molecular weight is 537 g/mol. The van der Waals surface area contributed by atoms with Crippen molar-refractivity contribution in [1.29, 1.82) is 0 Å². The van der Waals surface area contributed by atoms with E-state index in [1.165, 1.54) is 63.5 Å². The van der Waals surface area contributed by atoms with Crippen molar-refractivity contribution in [2.75, 3.05) is 0 Å². The number of hydrogen-bond donors (Lipinski definition) is 0. The largest absolute Gasteiger partial charge is 0.409 e. The Labute approximate surface area is 222 Å². The van der Waals surface area contributed by atoms with Crippen molar-refractivity contribution in [1.82, 2.24) is 0 Å². The molecule has 0 spiro atoms. The predicted molar refractivity (Wildman–Crippen MR) is 141 cm³/mol. The van der Waals surface area contributed by atoms with Crippen molar-refractivity contribution in [3.63, 3.8) is 0 Å². The Morgan fingerprint density at radius 1 is 0.711 bits per heavy atom. The van der Waals surface area contributed by atoms with Crippen molar-refractivity contribution in [2.24, 2.45) is 17.8 Å². The van der Waals surface area contributed by atoms with E-state index in [0.29, 0.717) is 6.08 Å². The molecule has 0 nitrogen and oxygen atoms in total. The van der Waals surface area contributed by atoms with E-state index in [4.69, 9.17) is 0 Å². The van der Waals surface area contributed by atoms with E-state index in [9.17, 15) is 22.0 Å². The van der Waals surface area contributed by atoms with Gasteiger partial charge in [0.25, 0.3) is 0 Å². The normalized spacial score (nSPS) is 24.7. The van der Waals surface area contributed by atoms with Crippen LogP contribution in [0, 0.1) is 35.2 Å². The fourth-order valence-electron chi connectivity index (χ4n) is 6.57. The molecule has 4 rings (SSSR count). The molecule has 2 fully saturated rings. The minimum absolute atomic E-state index is 0.0280. The summed E-state index contributed by atoms with van der Waals surface area (Å²) in [6.07, 6.45) is 10.6. The molecule has 2 aromatic rings. The van der Waals surface area contributed by atoms with Gasteiger partial charge >= 0.3 is 6.18 Å². The van der Waals surface area contributed by atoms with Gasteiger partial charge in [-0.3, -0.25) is 0 Å². The van der Waals surface area contributed by atoms with E-state index < -0.39 is 29.2 Å². The Morgan fingerprint density at radius 2 is 1.24 bits per heavy atom. The predicted octanol–water partition coefficient (Wildman–Crippen LogP) is 11.0. The molecule has 6 heteroatoms. The molecule has 0 N–H and O–H groups in total. The highest BCUT2D eigenvalue weighted by Gasteiger charge is 2.26. The zero-order valence-electron chi connectivity index (χ0n) is 22.1. The molecule has 0 atom stereocenters. The third kappa shape index (κ3) is 7.66. The topological polar surface area (TPSA) is 0 Å². The van der Waals surface area contributed by atoms with Crippen molar-refractivity contribution >= 4 is 6.08 Å². The Kier molecular flexibility index (Phi) is 9.64. The molecule has 208 valence electrons. The number of hydrogen-bond acceptors (Lipinski definition) is 0. The van der Waals surface area contributed by atoms with E-state index in [-0.39, 0.29) is 23.1 Å². The van der Waals surface area contributed by atoms with Crippen molar-refractivity contribution in [3.05, 3.63) is 65.0 Å². The molecule has 0 heterocycles. The lowest BCUT2D eigenvalue weighted by atomic mass is 9.74. The Hall–Kier alpha value is -2.24. The van der Waals surface area contributed by atoms with Crippen molar-refractivity contribution in [2.45, 2.75) is 96.1 Å². The maximum Gasteiger partial charge on any atom is 0.409 e. The van der Waals surface area contributed by atoms with E-state index >= 15 is 4.39 Å². The van der Waals surface area contributed by atoms with Crippen LogP contribution in [-0.4, -0.2) is 6.18 Å². The van der Waals surface area contributed by atoms with Crippen LogP contribution in [0.3, 0.4) is 0 Å². The average Bonchev–Trinajstić information content (AvgIpc) is 2.87. The molecule has 38 heavy (non-hydrogen) atoms. The van der Waals surface area contributed by atoms with E-state index in [1.807, 2.05) is 6.07 Å². The second kappa shape index (κ2) is 12.7. The number of rotatable bonds is 8. The van der Waals surface area contributed by atoms with Crippen LogP contribution in [0.5, 0.6) is 0 Å². The first kappa shape index (κ1) is 28.8. The van der Waals surface area contributed by atoms with Crippen LogP contribution >= 0.6 is 0 Å². The van der Waals surface area contributed by atoms with Gasteiger partial charge in [-0.2, -0.15) is 13.2 Å². The highest BCUT2D eigenvalue weighted by atomic mass is 19.4. The fourth-order valence-corrected chi connectivity index (χ4v) is 6.57. The first-order valence-corrected chi connectivity index (χ1v) is 14.2. The lowest BCUT2D eigenvalue weighted by molar-refractivity contribution is -0.0790. The second-order valence-electron chi connectivity index (χ2n) is 11.4. The van der Waals surface area contributed by atoms with Crippen LogP contribution in [0.1, 0.15) is 101 Å². The van der Waals surface area contributed by atoms with Crippen molar-refractivity contribution in [3.8, 4) is 11.1 Å². The van der Waals surface area contributed by atoms with Crippen LogP contribution in [0.15, 0.2) is 36.4 Å². The van der Waals surface area contributed by atoms with Gasteiger partial charge < -0.3 is 0 Å². The molecule has 0 aliphatic heterocycles. The van der Waals surface area contributed by atoms with Crippen LogP contribution in [0.2, 0.25) is 0 Å². The minimum Gasteiger partial charge on any atom is -0.206 e. The highest BCUT2D eigenvalue weighted by Crippen LogP contribution is 2.41. The molecule has 2 aromatic carbocycles. The molecular weight excluding hydrogens is 498 g/mol. The Bertz CT molecular complexity index is 1060. The van der Waals surface area contributed by atoms with Gasteiger partial charge in [-0.15, -0.1) is 0 Å². The van der Waals surface area contributed by atoms with E-state index in [2.05, 4.69) is 6.92 Å². The van der Waals surface area contributed by atoms with Crippen LogP contribution in [0.4, 0.5) is 26.3 Å². The minimum atomic E-state index is -4.69. The first-order chi connectivity index (χ1) is 18.1. The van der Waals surface area contributed by atoms with Gasteiger partial charge in [0, 0.05) is 17.2 Å². The molecule has 0 radical (unpaired) electrons. The molecule has 0 amide bonds. The van der Waals surface area contributed by atoms with Gasteiger partial charge in [-0.05, 0) is 84.8 Å². The summed E-state index contributed by atoms with van der Waals surface area (Å²) in [6, 6.07) is 6.52. The lowest BCUT2D eigenvalue weighted by Crippen LogP contribution is -2.17. The molecule has 0 saturated heterocycles. The number of benzene rings is 2. The number of allylic oxidation sites excluding steroid dienone is 1. The van der Waals surface area contributed by atoms with Crippen LogP contribution in [0.25, 0.3) is 17.2 Å². The monoisotopic (exact) mass is 536 g/mol. The third-order valence-electron chi connectivity index (χ3n) is 8.79. The summed E-state index contributed by atoms with van der Waals surface area (Å²) in [4.78, 5) is 0. The van der Waals surface area contributed by atoms with Gasteiger partial charge in [0.1, 0.15) is 17.5 Å². The number of alkyl halides is 3. The number of halogens is 6. The SMILES string of the molecule is CCCC1CCC(CCC2CCC(c3ccc(-c4cc(F)c(C=CC(F)(F)F)c(F)c4)c(F)c3)CC2)CC1. The standard InChI is InChI=1S/C32H38F6/c1-2-3-21-4-6-22(7-5-21)8-9-23-10-12-24(13-11-23)25-14-15-27(29(33)18-25)26-19-30(34)28(31(35)20-26)16-17-32(36,37)38/h14-24H,2-13H2,1H3. The third-order valence-corrected chi connectivity index (χ3v) is 8.79. The van der Waals surface area contributed by atoms with Gasteiger partial charge in [0.2, 0.25) is 0 Å². The first-order valence-electron chi connectivity index (χ1n) is 14.2. The summed E-state index contributed by atoms with van der Waals surface area (Å²) in [6.45, 7) is 2.28. The maximum absolute atomic E-state index is 15.0. The van der Waals surface area contributed by atoms with Gasteiger partial charge in [-0.1, -0.05) is 70.4 Å². The van der Waals surface area contributed by atoms with Gasteiger partial charge in [0.05, 0.1) is 0 Å². The molecule has 2 saturated carbocycles. The molecule has 2 aliphatic carbocycles. The summed E-state index contributed by atoms with van der Waals surface area (Å²) < 4.78 is 80.9. The quantitative estimate of drug-likeness (QED) is 0.294. The van der Waals surface area contributed by atoms with Gasteiger partial charge in [0.15, 0.2) is 0 Å². The summed E-state index contributed by atoms with van der Waals surface area (Å²) in [5.74, 6) is -0.0984. The van der Waals surface area contributed by atoms with Crippen LogP contribution < -0.4 is 0 Å². The summed E-state index contributed by atoms with van der Waals surface area (Å²) >= 11 is 0. The molecular formula is C32H38F6. The molecule has 0 unspecified atom stereocenters. The Balaban J connectivity index is 1.32. The smallest absolute Gasteiger partial charge is 0.206 e. The van der Waals surface area contributed by atoms with E-state index in [1.54, 1.807) is 0 Å². The highest BCUT2D eigenvalue weighted by molar-refractivity contribution is 5.67. The summed E-state index contributed by atoms with van der Waals surface area (Å²) in [5, 5.41) is 0. The molecule has 0 aromatic heterocycles. The van der Waals surface area contributed by atoms with Gasteiger partial charge in [-0.25, -0.2) is 13.2 Å². The van der Waals surface area contributed by atoms with Crippen LogP contribution in [-0.2, 0) is 0 Å². The maximum atomic E-state index is 15.0. The Morgan fingerprint density at radius 3 is 1.74 bits per heavy atom. The zero-order chi connectivity index (χ0) is 27.3. The zero-order valence-corrected chi connectivity index (χ0v) is 22.1. The van der Waals surface area contributed by atoms with Crippen molar-refractivity contribution < 1.29 is 26.3 Å². The molecule has 0 bridgehead atoms. The summed E-state index contributed by atoms with van der Waals surface area (Å²) in [5.41, 5.74) is 0.0783. The fraction of sp³-hybridized carbons (Fsp3) is 0.562. The lowest BCUT2D eigenvalue weighted by Gasteiger charge is -2.32. The molecule has 2 aliphatic rings. The summed E-state index contributed by atoms with van der Waals surface area (Å²) in [7, 11) is 0. The van der Waals surface area contributed by atoms with E-state index in [0.717, 1.165) is 61.1 Å². The second-order valence-corrected chi connectivity index (χ2v) is 11.4.